The van der Waals surface area contributed by atoms with Gasteiger partial charge in [0.25, 0.3) is 0 Å². The molecule has 0 radical (unpaired) electrons. The summed E-state index contributed by atoms with van der Waals surface area (Å²) in [6.45, 7) is 7.42. The van der Waals surface area contributed by atoms with Crippen LogP contribution in [0.25, 0.3) is 0 Å². The molecule has 100 valence electrons. The third-order valence-electron chi connectivity index (χ3n) is 4.06. The topological polar surface area (TPSA) is 29.3 Å². The number of nitrogens with two attached hydrogens (primary N) is 1. The Morgan fingerprint density at radius 2 is 2.22 bits per heavy atom. The molecule has 0 amide bonds. The number of aryl methyl sites for hydroxylation is 1. The van der Waals surface area contributed by atoms with Gasteiger partial charge in [0, 0.05) is 19.1 Å². The van der Waals surface area contributed by atoms with Gasteiger partial charge in [0.1, 0.15) is 5.82 Å². The van der Waals surface area contributed by atoms with Gasteiger partial charge in [-0.05, 0) is 55.5 Å². The standard InChI is InChI=1S/C15H23FN2/c1-11-9-14(16)4-3-13(11)5-7-18-8-6-15(17)12(2)10-18/h3-4,9,12,15H,5-8,10,17H2,1-2H3. The zero-order chi connectivity index (χ0) is 13.1. The molecular formula is C15H23FN2. The first-order valence-corrected chi connectivity index (χ1v) is 6.79. The summed E-state index contributed by atoms with van der Waals surface area (Å²) < 4.78 is 13.0. The van der Waals surface area contributed by atoms with Gasteiger partial charge in [0.2, 0.25) is 0 Å². The molecule has 1 heterocycles. The molecule has 0 spiro atoms. The van der Waals surface area contributed by atoms with Crippen molar-refractivity contribution in [2.24, 2.45) is 11.7 Å². The largest absolute Gasteiger partial charge is 0.327 e. The first kappa shape index (κ1) is 13.5. The molecule has 2 nitrogen and oxygen atoms in total. The molecule has 2 N–H and O–H groups in total. The lowest BCUT2D eigenvalue weighted by Gasteiger charge is -2.35. The van der Waals surface area contributed by atoms with Gasteiger partial charge in [-0.3, -0.25) is 0 Å². The van der Waals surface area contributed by atoms with Crippen LogP contribution in [0.3, 0.4) is 0 Å². The number of hydrogen-bond donors (Lipinski definition) is 1. The van der Waals surface area contributed by atoms with E-state index in [2.05, 4.69) is 11.8 Å². The maximum atomic E-state index is 13.0. The normalized spacial score (nSPS) is 25.3. The SMILES string of the molecule is Cc1cc(F)ccc1CCN1CCC(N)C(C)C1. The van der Waals surface area contributed by atoms with Crippen molar-refractivity contribution in [3.05, 3.63) is 35.1 Å². The molecule has 0 saturated carbocycles. The van der Waals surface area contributed by atoms with Crippen LogP contribution >= 0.6 is 0 Å². The number of nitrogens with zero attached hydrogens (tertiary/aromatic N) is 1. The number of rotatable bonds is 3. The Labute approximate surface area is 109 Å². The molecule has 0 aromatic heterocycles. The number of hydrogen-bond acceptors (Lipinski definition) is 2. The Morgan fingerprint density at radius 3 is 2.89 bits per heavy atom. The van der Waals surface area contributed by atoms with Crippen LogP contribution in [0, 0.1) is 18.7 Å². The summed E-state index contributed by atoms with van der Waals surface area (Å²) >= 11 is 0. The van der Waals surface area contributed by atoms with Gasteiger partial charge in [-0.15, -0.1) is 0 Å². The van der Waals surface area contributed by atoms with E-state index in [1.54, 1.807) is 12.1 Å². The Kier molecular flexibility index (Phi) is 4.36. The molecule has 1 aliphatic rings. The van der Waals surface area contributed by atoms with Crippen LogP contribution in [0.4, 0.5) is 4.39 Å². The summed E-state index contributed by atoms with van der Waals surface area (Å²) in [6.07, 6.45) is 2.08. The molecule has 1 aromatic rings. The lowest BCUT2D eigenvalue weighted by Crippen LogP contribution is -2.46. The van der Waals surface area contributed by atoms with E-state index < -0.39 is 0 Å². The second-order valence-electron chi connectivity index (χ2n) is 5.55. The van der Waals surface area contributed by atoms with Crippen molar-refractivity contribution in [3.8, 4) is 0 Å². The quantitative estimate of drug-likeness (QED) is 0.892. The van der Waals surface area contributed by atoms with Crippen molar-refractivity contribution >= 4 is 0 Å². The fourth-order valence-corrected chi connectivity index (χ4v) is 2.67. The maximum absolute atomic E-state index is 13.0. The van der Waals surface area contributed by atoms with Crippen molar-refractivity contribution in [1.82, 2.24) is 4.90 Å². The molecule has 1 fully saturated rings. The van der Waals surface area contributed by atoms with Gasteiger partial charge in [-0.1, -0.05) is 13.0 Å². The first-order chi connectivity index (χ1) is 8.56. The fraction of sp³-hybridized carbons (Fsp3) is 0.600. The van der Waals surface area contributed by atoms with Crippen LogP contribution in [0.15, 0.2) is 18.2 Å². The number of benzene rings is 1. The molecule has 18 heavy (non-hydrogen) atoms. The van der Waals surface area contributed by atoms with E-state index in [0.717, 1.165) is 38.0 Å². The van der Waals surface area contributed by atoms with Crippen LogP contribution < -0.4 is 5.73 Å². The van der Waals surface area contributed by atoms with Gasteiger partial charge in [0.05, 0.1) is 0 Å². The highest BCUT2D eigenvalue weighted by Crippen LogP contribution is 2.16. The minimum Gasteiger partial charge on any atom is -0.327 e. The number of halogens is 1. The third-order valence-corrected chi connectivity index (χ3v) is 4.06. The predicted octanol–water partition coefficient (Wildman–Crippen LogP) is 2.35. The van der Waals surface area contributed by atoms with Gasteiger partial charge in [-0.25, -0.2) is 4.39 Å². The monoisotopic (exact) mass is 250 g/mol. The second kappa shape index (κ2) is 5.81. The number of likely N-dealkylation sites (tertiary alicyclic amines) is 1. The van der Waals surface area contributed by atoms with Crippen LogP contribution in [0.1, 0.15) is 24.5 Å². The zero-order valence-corrected chi connectivity index (χ0v) is 11.3. The lowest BCUT2D eigenvalue weighted by molar-refractivity contribution is 0.166. The van der Waals surface area contributed by atoms with Gasteiger partial charge in [0.15, 0.2) is 0 Å². The molecule has 0 aliphatic carbocycles. The highest BCUT2D eigenvalue weighted by atomic mass is 19.1. The summed E-state index contributed by atoms with van der Waals surface area (Å²) in [7, 11) is 0. The maximum Gasteiger partial charge on any atom is 0.123 e. The molecule has 2 unspecified atom stereocenters. The minimum absolute atomic E-state index is 0.145. The Morgan fingerprint density at radius 1 is 1.44 bits per heavy atom. The van der Waals surface area contributed by atoms with E-state index in [1.807, 2.05) is 13.0 Å². The zero-order valence-electron chi connectivity index (χ0n) is 11.3. The van der Waals surface area contributed by atoms with E-state index in [9.17, 15) is 4.39 Å². The molecule has 3 heteroatoms. The summed E-state index contributed by atoms with van der Waals surface area (Å²) in [6, 6.07) is 5.43. The van der Waals surface area contributed by atoms with Crippen molar-refractivity contribution in [2.45, 2.75) is 32.7 Å². The van der Waals surface area contributed by atoms with Crippen LogP contribution in [0.5, 0.6) is 0 Å². The summed E-state index contributed by atoms with van der Waals surface area (Å²) in [5.41, 5.74) is 8.32. The molecule has 1 saturated heterocycles. The predicted molar refractivity (Wildman–Crippen MR) is 73.0 cm³/mol. The van der Waals surface area contributed by atoms with Crippen molar-refractivity contribution in [1.29, 1.82) is 0 Å². The molecule has 2 rings (SSSR count). The lowest BCUT2D eigenvalue weighted by atomic mass is 9.94. The van der Waals surface area contributed by atoms with Crippen LogP contribution in [-0.2, 0) is 6.42 Å². The second-order valence-corrected chi connectivity index (χ2v) is 5.55. The van der Waals surface area contributed by atoms with E-state index >= 15 is 0 Å². The van der Waals surface area contributed by atoms with E-state index in [0.29, 0.717) is 12.0 Å². The average Bonchev–Trinajstić information content (AvgIpc) is 2.32. The number of piperidine rings is 1. The summed E-state index contributed by atoms with van der Waals surface area (Å²) in [4.78, 5) is 2.47. The van der Waals surface area contributed by atoms with Crippen LogP contribution in [-0.4, -0.2) is 30.6 Å². The van der Waals surface area contributed by atoms with Gasteiger partial charge in [-0.2, -0.15) is 0 Å². The highest BCUT2D eigenvalue weighted by molar-refractivity contribution is 5.26. The average molecular weight is 250 g/mol. The third kappa shape index (κ3) is 3.30. The molecular weight excluding hydrogens is 227 g/mol. The van der Waals surface area contributed by atoms with Crippen molar-refractivity contribution in [3.63, 3.8) is 0 Å². The molecule has 1 aliphatic heterocycles. The first-order valence-electron chi connectivity index (χ1n) is 6.79. The highest BCUT2D eigenvalue weighted by Gasteiger charge is 2.22. The molecule has 0 bridgehead atoms. The van der Waals surface area contributed by atoms with Gasteiger partial charge >= 0.3 is 0 Å². The Balaban J connectivity index is 1.88. The fourth-order valence-electron chi connectivity index (χ4n) is 2.67. The van der Waals surface area contributed by atoms with Crippen molar-refractivity contribution < 1.29 is 4.39 Å². The molecule has 2 atom stereocenters. The van der Waals surface area contributed by atoms with Crippen molar-refractivity contribution in [2.75, 3.05) is 19.6 Å². The van der Waals surface area contributed by atoms with E-state index in [1.165, 1.54) is 5.56 Å². The van der Waals surface area contributed by atoms with Gasteiger partial charge < -0.3 is 10.6 Å². The minimum atomic E-state index is -0.145. The summed E-state index contributed by atoms with van der Waals surface area (Å²) in [5.74, 6) is 0.432. The molecule has 1 aromatic carbocycles. The smallest absolute Gasteiger partial charge is 0.123 e. The Hall–Kier alpha value is -0.930. The van der Waals surface area contributed by atoms with E-state index in [4.69, 9.17) is 5.73 Å². The van der Waals surface area contributed by atoms with Crippen LogP contribution in [0.2, 0.25) is 0 Å². The van der Waals surface area contributed by atoms with E-state index in [-0.39, 0.29) is 5.82 Å². The summed E-state index contributed by atoms with van der Waals surface area (Å²) in [5, 5.41) is 0. The Bertz CT molecular complexity index is 405.